The van der Waals surface area contributed by atoms with Gasteiger partial charge in [0.2, 0.25) is 5.91 Å². The number of hydrogen-bond acceptors (Lipinski definition) is 4. The lowest BCUT2D eigenvalue weighted by Gasteiger charge is -2.23. The van der Waals surface area contributed by atoms with E-state index >= 15 is 0 Å². The Balaban J connectivity index is 3.01. The van der Waals surface area contributed by atoms with Gasteiger partial charge in [-0.2, -0.15) is 0 Å². The van der Waals surface area contributed by atoms with Crippen molar-refractivity contribution in [2.24, 2.45) is 0 Å². The molecular weight excluding hydrogens is 308 g/mol. The highest BCUT2D eigenvalue weighted by atomic mass is 79.9. The van der Waals surface area contributed by atoms with E-state index < -0.39 is 0 Å². The predicted octanol–water partition coefficient (Wildman–Crippen LogP) is 2.06. The van der Waals surface area contributed by atoms with E-state index in [4.69, 9.17) is 0 Å². The Labute approximate surface area is 123 Å². The molecule has 6 heteroatoms. The van der Waals surface area contributed by atoms with Crippen LogP contribution >= 0.6 is 15.9 Å². The van der Waals surface area contributed by atoms with Gasteiger partial charge in [0.1, 0.15) is 16.2 Å². The number of likely N-dealkylation sites (N-methyl/N-ethyl adjacent to an activating group) is 2. The molecule has 0 atom stereocenters. The van der Waals surface area contributed by atoms with Crippen molar-refractivity contribution in [1.82, 2.24) is 14.9 Å². The average Bonchev–Trinajstić information content (AvgIpc) is 2.26. The van der Waals surface area contributed by atoms with Crippen molar-refractivity contribution in [1.29, 1.82) is 0 Å². The molecule has 0 spiro atoms. The Hall–Kier alpha value is -1.17. The third-order valence-corrected chi connectivity index (χ3v) is 3.02. The average molecular weight is 329 g/mol. The van der Waals surface area contributed by atoms with Crippen LogP contribution in [0.5, 0.6) is 0 Å². The molecule has 0 unspecified atom stereocenters. The molecule has 1 rings (SSSR count). The van der Waals surface area contributed by atoms with Crippen LogP contribution in [0, 0.1) is 0 Å². The second-order valence-electron chi connectivity index (χ2n) is 5.77. The van der Waals surface area contributed by atoms with Gasteiger partial charge >= 0.3 is 0 Å². The summed E-state index contributed by atoms with van der Waals surface area (Å²) in [5, 5.41) is 0. The first-order chi connectivity index (χ1) is 8.61. The fourth-order valence-corrected chi connectivity index (χ4v) is 1.73. The zero-order chi connectivity index (χ0) is 14.8. The minimum atomic E-state index is -0.134. The van der Waals surface area contributed by atoms with Crippen LogP contribution in [-0.4, -0.2) is 48.5 Å². The summed E-state index contributed by atoms with van der Waals surface area (Å²) in [5.74, 6) is 1.53. The maximum atomic E-state index is 11.7. The first-order valence-corrected chi connectivity index (χ1v) is 6.87. The van der Waals surface area contributed by atoms with E-state index in [1.165, 1.54) is 0 Å². The maximum Gasteiger partial charge on any atom is 0.241 e. The van der Waals surface area contributed by atoms with Crippen LogP contribution in [0.1, 0.15) is 26.6 Å². The van der Waals surface area contributed by atoms with E-state index in [2.05, 4.69) is 46.7 Å². The number of carbonyl (C=O) groups excluding carboxylic acids is 1. The lowest BCUT2D eigenvalue weighted by Crippen LogP contribution is -2.35. The van der Waals surface area contributed by atoms with Gasteiger partial charge in [-0.15, -0.1) is 0 Å². The van der Waals surface area contributed by atoms with E-state index in [1.54, 1.807) is 19.0 Å². The number of carbonyl (C=O) groups is 1. The van der Waals surface area contributed by atoms with Gasteiger partial charge in [0.25, 0.3) is 0 Å². The molecule has 0 bridgehead atoms. The van der Waals surface area contributed by atoms with Crippen LogP contribution in [0.25, 0.3) is 0 Å². The van der Waals surface area contributed by atoms with Crippen LogP contribution < -0.4 is 4.90 Å². The van der Waals surface area contributed by atoms with Crippen LogP contribution in [0.3, 0.4) is 0 Å². The third-order valence-electron chi connectivity index (χ3n) is 2.61. The number of anilines is 1. The van der Waals surface area contributed by atoms with Crippen molar-refractivity contribution in [3.05, 3.63) is 16.5 Å². The molecular formula is C13H21BrN4O. The Morgan fingerprint density at radius 3 is 2.32 bits per heavy atom. The topological polar surface area (TPSA) is 49.3 Å². The molecule has 0 saturated heterocycles. The van der Waals surface area contributed by atoms with E-state index in [0.717, 1.165) is 16.2 Å². The van der Waals surface area contributed by atoms with Crippen molar-refractivity contribution in [3.8, 4) is 0 Å². The summed E-state index contributed by atoms with van der Waals surface area (Å²) in [5.41, 5.74) is -0.134. The molecule has 0 aliphatic carbocycles. The molecule has 0 aromatic carbocycles. The Kier molecular flexibility index (Phi) is 4.90. The van der Waals surface area contributed by atoms with Gasteiger partial charge < -0.3 is 9.80 Å². The van der Waals surface area contributed by atoms with Gasteiger partial charge in [0.05, 0.1) is 6.54 Å². The van der Waals surface area contributed by atoms with Gasteiger partial charge in [-0.05, 0) is 15.9 Å². The Morgan fingerprint density at radius 2 is 1.84 bits per heavy atom. The summed E-state index contributed by atoms with van der Waals surface area (Å²) in [4.78, 5) is 24.0. The highest BCUT2D eigenvalue weighted by Crippen LogP contribution is 2.23. The number of aromatic nitrogens is 2. The van der Waals surface area contributed by atoms with Crippen LogP contribution in [0.15, 0.2) is 10.7 Å². The molecule has 19 heavy (non-hydrogen) atoms. The second kappa shape index (κ2) is 5.86. The highest BCUT2D eigenvalue weighted by Gasteiger charge is 2.20. The molecule has 1 aromatic rings. The van der Waals surface area contributed by atoms with Gasteiger partial charge in [-0.3, -0.25) is 4.79 Å². The number of nitrogens with zero attached hydrogens (tertiary/aromatic N) is 4. The minimum Gasteiger partial charge on any atom is -0.350 e. The molecule has 106 valence electrons. The van der Waals surface area contributed by atoms with Crippen LogP contribution in [0.2, 0.25) is 0 Å². The lowest BCUT2D eigenvalue weighted by atomic mass is 9.96. The molecule has 1 aromatic heterocycles. The Morgan fingerprint density at radius 1 is 1.26 bits per heavy atom. The molecule has 0 N–H and O–H groups in total. The highest BCUT2D eigenvalue weighted by molar-refractivity contribution is 9.10. The fraction of sp³-hybridized carbons (Fsp3) is 0.615. The van der Waals surface area contributed by atoms with E-state index in [-0.39, 0.29) is 11.3 Å². The van der Waals surface area contributed by atoms with Crippen LogP contribution in [0.4, 0.5) is 5.82 Å². The second-order valence-corrected chi connectivity index (χ2v) is 6.58. The number of amides is 1. The SMILES string of the molecule is CN(C)C(=O)CN(C)c1cc(Br)nc(C(C)(C)C)n1. The predicted molar refractivity (Wildman–Crippen MR) is 80.4 cm³/mol. The molecule has 0 saturated carbocycles. The standard InChI is InChI=1S/C13H21BrN4O/c1-13(2,3)12-15-9(14)7-10(16-12)18(6)8-11(19)17(4)5/h7H,8H2,1-6H3. The van der Waals surface area contributed by atoms with Crippen molar-refractivity contribution in [2.75, 3.05) is 32.6 Å². The van der Waals surface area contributed by atoms with Gasteiger partial charge in [0, 0.05) is 32.6 Å². The van der Waals surface area contributed by atoms with Crippen molar-refractivity contribution < 1.29 is 4.79 Å². The zero-order valence-electron chi connectivity index (χ0n) is 12.4. The number of rotatable bonds is 3. The van der Waals surface area contributed by atoms with E-state index in [1.807, 2.05) is 18.0 Å². The smallest absolute Gasteiger partial charge is 0.241 e. The third kappa shape index (κ3) is 4.45. The molecule has 0 aliphatic heterocycles. The van der Waals surface area contributed by atoms with Crippen molar-refractivity contribution in [3.63, 3.8) is 0 Å². The van der Waals surface area contributed by atoms with Gasteiger partial charge in [-0.1, -0.05) is 20.8 Å². The monoisotopic (exact) mass is 328 g/mol. The van der Waals surface area contributed by atoms with Crippen LogP contribution in [-0.2, 0) is 10.2 Å². The van der Waals surface area contributed by atoms with E-state index in [0.29, 0.717) is 6.54 Å². The maximum absolute atomic E-state index is 11.7. The van der Waals surface area contributed by atoms with Crippen molar-refractivity contribution in [2.45, 2.75) is 26.2 Å². The fourth-order valence-electron chi connectivity index (χ4n) is 1.36. The molecule has 5 nitrogen and oxygen atoms in total. The molecule has 1 amide bonds. The normalized spacial score (nSPS) is 11.3. The first kappa shape index (κ1) is 15.9. The van der Waals surface area contributed by atoms with Gasteiger partial charge in [0.15, 0.2) is 0 Å². The molecule has 1 heterocycles. The van der Waals surface area contributed by atoms with Crippen molar-refractivity contribution >= 4 is 27.7 Å². The zero-order valence-corrected chi connectivity index (χ0v) is 13.9. The summed E-state index contributed by atoms with van der Waals surface area (Å²) in [6.45, 7) is 6.47. The lowest BCUT2D eigenvalue weighted by molar-refractivity contribution is -0.127. The summed E-state index contributed by atoms with van der Waals surface area (Å²) in [6.07, 6.45) is 0. The van der Waals surface area contributed by atoms with E-state index in [9.17, 15) is 4.79 Å². The largest absolute Gasteiger partial charge is 0.350 e. The summed E-state index contributed by atoms with van der Waals surface area (Å²) < 4.78 is 0.728. The first-order valence-electron chi connectivity index (χ1n) is 6.07. The minimum absolute atomic E-state index is 0.0366. The summed E-state index contributed by atoms with van der Waals surface area (Å²) in [7, 11) is 5.34. The molecule has 0 radical (unpaired) electrons. The quantitative estimate of drug-likeness (QED) is 0.797. The summed E-state index contributed by atoms with van der Waals surface area (Å²) in [6, 6.07) is 1.82. The Bertz CT molecular complexity index is 468. The number of hydrogen-bond donors (Lipinski definition) is 0. The molecule has 0 fully saturated rings. The molecule has 0 aliphatic rings. The summed E-state index contributed by atoms with van der Waals surface area (Å²) >= 11 is 3.40. The van der Waals surface area contributed by atoms with Gasteiger partial charge in [-0.25, -0.2) is 9.97 Å². The number of halogens is 1.